The van der Waals surface area contributed by atoms with Crippen LogP contribution in [0.15, 0.2) is 58.4 Å². The van der Waals surface area contributed by atoms with E-state index in [9.17, 15) is 4.79 Å². The Kier molecular flexibility index (Phi) is 6.19. The number of anilines is 1. The number of hydrogen-bond acceptors (Lipinski definition) is 5. The van der Waals surface area contributed by atoms with Crippen LogP contribution >= 0.6 is 11.8 Å². The normalized spacial score (nSPS) is 16.6. The summed E-state index contributed by atoms with van der Waals surface area (Å²) in [5, 5.41) is 3.42. The molecule has 1 fully saturated rings. The molecule has 6 heteroatoms. The molecule has 0 aromatic heterocycles. The summed E-state index contributed by atoms with van der Waals surface area (Å²) >= 11 is 1.35. The van der Waals surface area contributed by atoms with Crippen LogP contribution in [0.1, 0.15) is 19.4 Å². The number of benzene rings is 2. The Bertz CT molecular complexity index is 854. The standard InChI is InChI=1S/C21H23N3O2S/c1-4-24(5-2)17-10-8-16(9-11-17)22-21-23-20(25)19(27-21)14-15-6-12-18(26-3)13-7-15/h6-14H,4-5H2,1-3H3,(H,22,23,25). The van der Waals surface area contributed by atoms with E-state index >= 15 is 0 Å². The van der Waals surface area contributed by atoms with E-state index in [1.807, 2.05) is 42.5 Å². The molecule has 140 valence electrons. The highest BCUT2D eigenvalue weighted by Crippen LogP contribution is 2.29. The van der Waals surface area contributed by atoms with Crippen LogP contribution in [0.2, 0.25) is 0 Å². The fraction of sp³-hybridized carbons (Fsp3) is 0.238. The third-order valence-corrected chi connectivity index (χ3v) is 5.18. The van der Waals surface area contributed by atoms with E-state index < -0.39 is 0 Å². The second-order valence-corrected chi connectivity index (χ2v) is 6.97. The molecule has 0 aliphatic carbocycles. The molecule has 2 aromatic rings. The number of carbonyl (C=O) groups excluding carboxylic acids is 1. The molecule has 0 radical (unpaired) electrons. The lowest BCUT2D eigenvalue weighted by atomic mass is 10.2. The highest BCUT2D eigenvalue weighted by atomic mass is 32.2. The zero-order valence-corrected chi connectivity index (χ0v) is 16.5. The first kappa shape index (κ1) is 19.0. The van der Waals surface area contributed by atoms with Crippen LogP contribution in [-0.2, 0) is 4.79 Å². The predicted molar refractivity (Wildman–Crippen MR) is 114 cm³/mol. The Morgan fingerprint density at radius 1 is 1.07 bits per heavy atom. The molecule has 1 saturated heterocycles. The molecule has 0 atom stereocenters. The number of amides is 1. The van der Waals surface area contributed by atoms with Gasteiger partial charge >= 0.3 is 0 Å². The number of methoxy groups -OCH3 is 1. The summed E-state index contributed by atoms with van der Waals surface area (Å²) in [4.78, 5) is 19.7. The molecule has 1 aliphatic rings. The Morgan fingerprint density at radius 2 is 1.74 bits per heavy atom. The monoisotopic (exact) mass is 381 g/mol. The van der Waals surface area contributed by atoms with Crippen molar-refractivity contribution in [2.45, 2.75) is 13.8 Å². The van der Waals surface area contributed by atoms with Gasteiger partial charge in [0, 0.05) is 18.8 Å². The van der Waals surface area contributed by atoms with Gasteiger partial charge in [0.2, 0.25) is 0 Å². The maximum atomic E-state index is 12.2. The summed E-state index contributed by atoms with van der Waals surface area (Å²) in [6.45, 7) is 6.21. The molecule has 0 saturated carbocycles. The van der Waals surface area contributed by atoms with E-state index in [0.29, 0.717) is 10.1 Å². The number of thioether (sulfide) groups is 1. The minimum absolute atomic E-state index is 0.130. The van der Waals surface area contributed by atoms with Crippen molar-refractivity contribution in [1.29, 1.82) is 0 Å². The van der Waals surface area contributed by atoms with Gasteiger partial charge in [-0.15, -0.1) is 0 Å². The maximum Gasteiger partial charge on any atom is 0.264 e. The van der Waals surface area contributed by atoms with E-state index in [2.05, 4.69) is 41.2 Å². The Balaban J connectivity index is 1.73. The molecule has 1 aliphatic heterocycles. The van der Waals surface area contributed by atoms with Crippen molar-refractivity contribution in [2.24, 2.45) is 4.99 Å². The van der Waals surface area contributed by atoms with Crippen molar-refractivity contribution in [2.75, 3.05) is 25.1 Å². The molecule has 0 spiro atoms. The third kappa shape index (κ3) is 4.71. The van der Waals surface area contributed by atoms with E-state index in [1.54, 1.807) is 7.11 Å². The topological polar surface area (TPSA) is 53.9 Å². The highest BCUT2D eigenvalue weighted by molar-refractivity contribution is 8.18. The van der Waals surface area contributed by atoms with Gasteiger partial charge < -0.3 is 15.0 Å². The van der Waals surface area contributed by atoms with E-state index in [4.69, 9.17) is 4.74 Å². The number of nitrogens with one attached hydrogen (secondary N) is 1. The van der Waals surface area contributed by atoms with Crippen molar-refractivity contribution in [1.82, 2.24) is 5.32 Å². The maximum absolute atomic E-state index is 12.2. The summed E-state index contributed by atoms with van der Waals surface area (Å²) in [7, 11) is 1.63. The summed E-state index contributed by atoms with van der Waals surface area (Å²) in [6.07, 6.45) is 1.85. The lowest BCUT2D eigenvalue weighted by molar-refractivity contribution is -0.115. The molecular formula is C21H23N3O2S. The van der Waals surface area contributed by atoms with Crippen molar-refractivity contribution < 1.29 is 9.53 Å². The smallest absolute Gasteiger partial charge is 0.264 e. The van der Waals surface area contributed by atoms with Crippen LogP contribution in [0.3, 0.4) is 0 Å². The predicted octanol–water partition coefficient (Wildman–Crippen LogP) is 4.43. The van der Waals surface area contributed by atoms with Crippen LogP contribution in [0.4, 0.5) is 11.4 Å². The van der Waals surface area contributed by atoms with Gasteiger partial charge in [-0.2, -0.15) is 0 Å². The summed E-state index contributed by atoms with van der Waals surface area (Å²) < 4.78 is 5.15. The Labute approximate surface area is 164 Å². The number of aliphatic imine (C=N–C) groups is 1. The largest absolute Gasteiger partial charge is 0.497 e. The number of nitrogens with zero attached hydrogens (tertiary/aromatic N) is 2. The Morgan fingerprint density at radius 3 is 2.33 bits per heavy atom. The highest BCUT2D eigenvalue weighted by Gasteiger charge is 2.23. The van der Waals surface area contributed by atoms with Crippen molar-refractivity contribution >= 4 is 40.3 Å². The molecule has 5 nitrogen and oxygen atoms in total. The average molecular weight is 382 g/mol. The van der Waals surface area contributed by atoms with Crippen LogP contribution in [0.25, 0.3) is 6.08 Å². The molecule has 0 unspecified atom stereocenters. The van der Waals surface area contributed by atoms with Gasteiger partial charge in [-0.3, -0.25) is 4.79 Å². The average Bonchev–Trinajstić information content (AvgIpc) is 3.03. The lowest BCUT2D eigenvalue weighted by Gasteiger charge is -2.20. The molecule has 0 bridgehead atoms. The minimum atomic E-state index is -0.130. The summed E-state index contributed by atoms with van der Waals surface area (Å²) in [5.41, 5.74) is 2.94. The molecular weight excluding hydrogens is 358 g/mol. The second-order valence-electron chi connectivity index (χ2n) is 5.94. The zero-order valence-electron chi connectivity index (χ0n) is 15.7. The SMILES string of the molecule is CCN(CC)c1ccc(N=C2NC(=O)C(=Cc3ccc(OC)cc3)S2)cc1. The Hall–Kier alpha value is -2.73. The van der Waals surface area contributed by atoms with Gasteiger partial charge in [0.15, 0.2) is 5.17 Å². The van der Waals surface area contributed by atoms with E-state index in [1.165, 1.54) is 17.4 Å². The van der Waals surface area contributed by atoms with E-state index in [0.717, 1.165) is 30.1 Å². The van der Waals surface area contributed by atoms with Crippen molar-refractivity contribution in [3.63, 3.8) is 0 Å². The fourth-order valence-electron chi connectivity index (χ4n) is 2.78. The number of hydrogen-bond donors (Lipinski definition) is 1. The second kappa shape index (κ2) is 8.77. The molecule has 3 rings (SSSR count). The third-order valence-electron chi connectivity index (χ3n) is 4.27. The van der Waals surface area contributed by atoms with Gasteiger partial charge in [0.1, 0.15) is 5.75 Å². The fourth-order valence-corrected chi connectivity index (χ4v) is 3.62. The quantitative estimate of drug-likeness (QED) is 0.752. The first-order valence-electron chi connectivity index (χ1n) is 8.91. The van der Waals surface area contributed by atoms with Gasteiger partial charge in [-0.25, -0.2) is 4.99 Å². The van der Waals surface area contributed by atoms with Gasteiger partial charge in [0.25, 0.3) is 5.91 Å². The van der Waals surface area contributed by atoms with Gasteiger partial charge in [-0.05, 0) is 73.6 Å². The zero-order chi connectivity index (χ0) is 19.2. The van der Waals surface area contributed by atoms with Gasteiger partial charge in [-0.1, -0.05) is 12.1 Å². The van der Waals surface area contributed by atoms with Crippen LogP contribution in [0.5, 0.6) is 5.75 Å². The minimum Gasteiger partial charge on any atom is -0.497 e. The van der Waals surface area contributed by atoms with Crippen molar-refractivity contribution in [3.05, 3.63) is 59.0 Å². The van der Waals surface area contributed by atoms with E-state index in [-0.39, 0.29) is 5.91 Å². The number of ether oxygens (including phenoxy) is 1. The lowest BCUT2D eigenvalue weighted by Crippen LogP contribution is -2.21. The summed E-state index contributed by atoms with van der Waals surface area (Å²) in [6, 6.07) is 15.6. The number of carbonyl (C=O) groups is 1. The number of rotatable bonds is 6. The van der Waals surface area contributed by atoms with Gasteiger partial charge in [0.05, 0.1) is 17.7 Å². The first-order valence-corrected chi connectivity index (χ1v) is 9.73. The first-order chi connectivity index (χ1) is 13.1. The summed E-state index contributed by atoms with van der Waals surface area (Å²) in [5.74, 6) is 0.658. The molecule has 1 amide bonds. The molecule has 1 N–H and O–H groups in total. The van der Waals surface area contributed by atoms with Crippen LogP contribution in [0, 0.1) is 0 Å². The molecule has 1 heterocycles. The van der Waals surface area contributed by atoms with Crippen molar-refractivity contribution in [3.8, 4) is 5.75 Å². The van der Waals surface area contributed by atoms with Crippen LogP contribution in [-0.4, -0.2) is 31.3 Å². The molecule has 2 aromatic carbocycles. The molecule has 27 heavy (non-hydrogen) atoms. The number of amidine groups is 1. The van der Waals surface area contributed by atoms with Crippen LogP contribution < -0.4 is 15.0 Å².